The van der Waals surface area contributed by atoms with Gasteiger partial charge in [-0.3, -0.25) is 9.59 Å². The molecular formula is C18H22N2O3. The molecular weight excluding hydrogens is 292 g/mol. The van der Waals surface area contributed by atoms with Crippen LogP contribution in [0.3, 0.4) is 0 Å². The number of carbonyl (C=O) groups is 2. The van der Waals surface area contributed by atoms with Crippen LogP contribution in [-0.4, -0.2) is 17.9 Å². The first-order valence-electron chi connectivity index (χ1n) is 7.60. The summed E-state index contributed by atoms with van der Waals surface area (Å²) in [6.45, 7) is 7.61. The minimum Gasteiger partial charge on any atom is -0.459 e. The number of nitrogens with one attached hydrogen (secondary N) is 2. The number of amides is 2. The molecule has 0 aliphatic rings. The Morgan fingerprint density at radius 1 is 1.09 bits per heavy atom. The average molecular weight is 314 g/mol. The zero-order valence-electron chi connectivity index (χ0n) is 13.8. The van der Waals surface area contributed by atoms with Crippen molar-refractivity contribution in [1.29, 1.82) is 0 Å². The summed E-state index contributed by atoms with van der Waals surface area (Å²) < 4.78 is 5.01. The largest absolute Gasteiger partial charge is 0.459 e. The van der Waals surface area contributed by atoms with Gasteiger partial charge in [-0.2, -0.15) is 0 Å². The summed E-state index contributed by atoms with van der Waals surface area (Å²) in [6, 6.07) is 8.54. The van der Waals surface area contributed by atoms with E-state index in [4.69, 9.17) is 4.42 Å². The van der Waals surface area contributed by atoms with Gasteiger partial charge in [0.15, 0.2) is 5.76 Å². The van der Waals surface area contributed by atoms with Crippen LogP contribution in [0.1, 0.15) is 47.1 Å². The molecule has 0 radical (unpaired) electrons. The lowest BCUT2D eigenvalue weighted by Crippen LogP contribution is -2.45. The molecule has 0 unspecified atom stereocenters. The highest BCUT2D eigenvalue weighted by Gasteiger charge is 2.20. The van der Waals surface area contributed by atoms with E-state index in [0.29, 0.717) is 0 Å². The van der Waals surface area contributed by atoms with Crippen molar-refractivity contribution in [3.63, 3.8) is 0 Å². The summed E-state index contributed by atoms with van der Waals surface area (Å²) in [5, 5.41) is 5.55. The van der Waals surface area contributed by atoms with Crippen molar-refractivity contribution in [2.24, 2.45) is 0 Å². The second-order valence-electron chi connectivity index (χ2n) is 5.76. The molecule has 1 aromatic heterocycles. The zero-order valence-corrected chi connectivity index (χ0v) is 13.8. The van der Waals surface area contributed by atoms with Crippen LogP contribution < -0.4 is 10.6 Å². The first-order valence-corrected chi connectivity index (χ1v) is 7.60. The minimum atomic E-state index is -0.653. The molecule has 0 fully saturated rings. The molecule has 5 heteroatoms. The van der Waals surface area contributed by atoms with Gasteiger partial charge in [0, 0.05) is 0 Å². The molecule has 23 heavy (non-hydrogen) atoms. The molecule has 0 saturated heterocycles. The lowest BCUT2D eigenvalue weighted by atomic mass is 10.00. The Labute approximate surface area is 136 Å². The topological polar surface area (TPSA) is 71.3 Å². The lowest BCUT2D eigenvalue weighted by molar-refractivity contribution is -0.123. The Kier molecular flexibility index (Phi) is 5.21. The van der Waals surface area contributed by atoms with Crippen LogP contribution in [0.4, 0.5) is 0 Å². The number of rotatable bonds is 5. The van der Waals surface area contributed by atoms with E-state index < -0.39 is 11.9 Å². The van der Waals surface area contributed by atoms with Crippen LogP contribution in [0, 0.1) is 13.8 Å². The predicted molar refractivity (Wildman–Crippen MR) is 88.1 cm³/mol. The fourth-order valence-electron chi connectivity index (χ4n) is 2.38. The summed E-state index contributed by atoms with van der Waals surface area (Å²) in [6.07, 6.45) is 1.42. The average Bonchev–Trinajstić information content (AvgIpc) is 3.03. The molecule has 1 aromatic carbocycles. The summed E-state index contributed by atoms with van der Waals surface area (Å²) in [5.41, 5.74) is 3.34. The van der Waals surface area contributed by atoms with Crippen molar-refractivity contribution in [2.75, 3.05) is 0 Å². The molecule has 2 rings (SSSR count). The van der Waals surface area contributed by atoms with E-state index in [2.05, 4.69) is 16.7 Å². The SMILES string of the molecule is Cc1ccc(C)c([C@@H](C)NC(=O)[C@@H](C)NC(=O)c2ccco2)c1. The molecule has 5 nitrogen and oxygen atoms in total. The van der Waals surface area contributed by atoms with Crippen molar-refractivity contribution in [3.05, 3.63) is 59.0 Å². The van der Waals surface area contributed by atoms with Crippen molar-refractivity contribution in [2.45, 2.75) is 39.8 Å². The summed E-state index contributed by atoms with van der Waals surface area (Å²) in [5.74, 6) is -0.456. The zero-order chi connectivity index (χ0) is 17.0. The number of hydrogen-bond donors (Lipinski definition) is 2. The fourth-order valence-corrected chi connectivity index (χ4v) is 2.38. The summed E-state index contributed by atoms with van der Waals surface area (Å²) >= 11 is 0. The third kappa shape index (κ3) is 4.22. The molecule has 2 N–H and O–H groups in total. The van der Waals surface area contributed by atoms with Gasteiger partial charge in [0.25, 0.3) is 5.91 Å². The van der Waals surface area contributed by atoms with Crippen LogP contribution in [0.25, 0.3) is 0 Å². The van der Waals surface area contributed by atoms with Crippen LogP contribution in [0.2, 0.25) is 0 Å². The highest BCUT2D eigenvalue weighted by molar-refractivity contribution is 5.95. The van der Waals surface area contributed by atoms with E-state index in [1.54, 1.807) is 19.1 Å². The molecule has 0 spiro atoms. The van der Waals surface area contributed by atoms with Gasteiger partial charge in [-0.1, -0.05) is 23.8 Å². The maximum Gasteiger partial charge on any atom is 0.287 e. The first kappa shape index (κ1) is 16.8. The van der Waals surface area contributed by atoms with Gasteiger partial charge in [-0.15, -0.1) is 0 Å². The van der Waals surface area contributed by atoms with Crippen molar-refractivity contribution in [1.82, 2.24) is 10.6 Å². The summed E-state index contributed by atoms with van der Waals surface area (Å²) in [4.78, 5) is 24.2. The third-order valence-corrected chi connectivity index (χ3v) is 3.75. The van der Waals surface area contributed by atoms with E-state index in [9.17, 15) is 9.59 Å². The van der Waals surface area contributed by atoms with E-state index >= 15 is 0 Å². The molecule has 0 bridgehead atoms. The molecule has 0 aliphatic carbocycles. The van der Waals surface area contributed by atoms with E-state index in [-0.39, 0.29) is 17.7 Å². The minimum absolute atomic E-state index is 0.134. The molecule has 1 heterocycles. The predicted octanol–water partition coefficient (Wildman–Crippen LogP) is 2.89. The number of hydrogen-bond acceptors (Lipinski definition) is 3. The Bertz CT molecular complexity index is 692. The standard InChI is InChI=1S/C18H22N2O3/c1-11-7-8-12(2)15(10-11)13(3)19-17(21)14(4)20-18(22)16-6-5-9-23-16/h5-10,13-14H,1-4H3,(H,19,21)(H,20,22)/t13-,14-/m1/s1. The van der Waals surface area contributed by atoms with E-state index in [1.165, 1.54) is 6.26 Å². The van der Waals surface area contributed by atoms with Gasteiger partial charge in [0.1, 0.15) is 6.04 Å². The second kappa shape index (κ2) is 7.13. The van der Waals surface area contributed by atoms with Gasteiger partial charge in [0.05, 0.1) is 12.3 Å². The lowest BCUT2D eigenvalue weighted by Gasteiger charge is -2.20. The fraction of sp³-hybridized carbons (Fsp3) is 0.333. The number of aryl methyl sites for hydroxylation is 2. The van der Waals surface area contributed by atoms with Crippen molar-refractivity contribution >= 4 is 11.8 Å². The van der Waals surface area contributed by atoms with Crippen LogP contribution in [0.5, 0.6) is 0 Å². The first-order chi connectivity index (χ1) is 10.9. The number of furan rings is 1. The molecule has 0 saturated carbocycles. The van der Waals surface area contributed by atoms with Crippen LogP contribution in [0.15, 0.2) is 41.0 Å². The number of carbonyl (C=O) groups excluding carboxylic acids is 2. The number of benzene rings is 1. The van der Waals surface area contributed by atoms with Crippen molar-refractivity contribution < 1.29 is 14.0 Å². The highest BCUT2D eigenvalue weighted by Crippen LogP contribution is 2.18. The van der Waals surface area contributed by atoms with Gasteiger partial charge in [0.2, 0.25) is 5.91 Å². The van der Waals surface area contributed by atoms with E-state index in [1.807, 2.05) is 32.9 Å². The molecule has 2 atom stereocenters. The van der Waals surface area contributed by atoms with Gasteiger partial charge in [-0.05, 0) is 51.0 Å². The van der Waals surface area contributed by atoms with Gasteiger partial charge in [-0.25, -0.2) is 0 Å². The van der Waals surface area contributed by atoms with Crippen molar-refractivity contribution in [3.8, 4) is 0 Å². The molecule has 122 valence electrons. The molecule has 0 aliphatic heterocycles. The molecule has 2 amide bonds. The monoisotopic (exact) mass is 314 g/mol. The Morgan fingerprint density at radius 2 is 1.83 bits per heavy atom. The third-order valence-electron chi connectivity index (χ3n) is 3.75. The maximum absolute atomic E-state index is 12.3. The molecule has 2 aromatic rings. The van der Waals surface area contributed by atoms with E-state index in [0.717, 1.165) is 16.7 Å². The van der Waals surface area contributed by atoms with Gasteiger partial charge < -0.3 is 15.1 Å². The van der Waals surface area contributed by atoms with Gasteiger partial charge >= 0.3 is 0 Å². The smallest absolute Gasteiger partial charge is 0.287 e. The Morgan fingerprint density at radius 3 is 2.48 bits per heavy atom. The summed E-state index contributed by atoms with van der Waals surface area (Å²) in [7, 11) is 0. The maximum atomic E-state index is 12.3. The second-order valence-corrected chi connectivity index (χ2v) is 5.76. The Balaban J connectivity index is 1.97. The quantitative estimate of drug-likeness (QED) is 0.891. The normalized spacial score (nSPS) is 13.2. The van der Waals surface area contributed by atoms with Crippen LogP contribution >= 0.6 is 0 Å². The highest BCUT2D eigenvalue weighted by atomic mass is 16.3. The Hall–Kier alpha value is -2.56. The van der Waals surface area contributed by atoms with Crippen LogP contribution in [-0.2, 0) is 4.79 Å².